The third-order valence-corrected chi connectivity index (χ3v) is 2.47. The quantitative estimate of drug-likeness (QED) is 0.610. The van der Waals surface area contributed by atoms with Gasteiger partial charge >= 0.3 is 0 Å². The fourth-order valence-corrected chi connectivity index (χ4v) is 1.48. The maximum absolute atomic E-state index is 5.58. The van der Waals surface area contributed by atoms with E-state index in [0.717, 1.165) is 18.9 Å². The van der Waals surface area contributed by atoms with Gasteiger partial charge in [-0.2, -0.15) is 0 Å². The van der Waals surface area contributed by atoms with Gasteiger partial charge in [-0.25, -0.2) is 0 Å². The minimum atomic E-state index is 0.248. The highest BCUT2D eigenvalue weighted by Crippen LogP contribution is 2.22. The van der Waals surface area contributed by atoms with Crippen molar-refractivity contribution < 1.29 is 9.47 Å². The van der Waals surface area contributed by atoms with Gasteiger partial charge in [-0.05, 0) is 25.7 Å². The lowest BCUT2D eigenvalue weighted by molar-refractivity contribution is -0.0823. The number of rotatable bonds is 2. The van der Waals surface area contributed by atoms with Gasteiger partial charge in [0.25, 0.3) is 0 Å². The maximum atomic E-state index is 5.58. The minimum absolute atomic E-state index is 0.248. The summed E-state index contributed by atoms with van der Waals surface area (Å²) in [6.07, 6.45) is 2.92. The van der Waals surface area contributed by atoms with Gasteiger partial charge in [0.05, 0.1) is 12.2 Å². The summed E-state index contributed by atoms with van der Waals surface area (Å²) in [5, 5.41) is 0. The van der Waals surface area contributed by atoms with E-state index in [4.69, 9.17) is 9.47 Å². The van der Waals surface area contributed by atoms with Crippen molar-refractivity contribution in [3.05, 3.63) is 0 Å². The molecular weight excluding hydrogens is 140 g/mol. The first-order valence-corrected chi connectivity index (χ1v) is 4.38. The average Bonchev–Trinajstić information content (AvgIpc) is 2.03. The Bertz CT molecular complexity index is 114. The van der Waals surface area contributed by atoms with E-state index < -0.39 is 0 Å². The molecule has 0 amide bonds. The highest BCUT2D eigenvalue weighted by Gasteiger charge is 2.24. The standard InChI is InChI=1S/C9H18O2/c1-7-4-5-11-9(6-7)8(2)10-3/h7-9H,4-6H2,1-3H3. The smallest absolute Gasteiger partial charge is 0.0836 e. The second-order valence-electron chi connectivity index (χ2n) is 3.48. The van der Waals surface area contributed by atoms with Crippen LogP contribution in [0.2, 0.25) is 0 Å². The van der Waals surface area contributed by atoms with Crippen LogP contribution in [-0.4, -0.2) is 25.9 Å². The molecule has 0 aliphatic carbocycles. The van der Waals surface area contributed by atoms with Crippen LogP contribution in [0.3, 0.4) is 0 Å². The lowest BCUT2D eigenvalue weighted by Crippen LogP contribution is -2.34. The van der Waals surface area contributed by atoms with E-state index in [1.807, 2.05) is 0 Å². The van der Waals surface area contributed by atoms with Gasteiger partial charge in [0.15, 0.2) is 0 Å². The van der Waals surface area contributed by atoms with Crippen molar-refractivity contribution in [1.29, 1.82) is 0 Å². The van der Waals surface area contributed by atoms with Crippen molar-refractivity contribution in [3.8, 4) is 0 Å². The van der Waals surface area contributed by atoms with Gasteiger partial charge < -0.3 is 9.47 Å². The Morgan fingerprint density at radius 1 is 1.55 bits per heavy atom. The SMILES string of the molecule is COC(C)C1CC(C)CCO1. The van der Waals surface area contributed by atoms with Crippen LogP contribution in [0.15, 0.2) is 0 Å². The predicted molar refractivity (Wildman–Crippen MR) is 44.6 cm³/mol. The Hall–Kier alpha value is -0.0800. The van der Waals surface area contributed by atoms with E-state index >= 15 is 0 Å². The third kappa shape index (κ3) is 2.46. The lowest BCUT2D eigenvalue weighted by atomic mass is 9.95. The molecule has 3 atom stereocenters. The molecule has 0 N–H and O–H groups in total. The van der Waals surface area contributed by atoms with E-state index in [2.05, 4.69) is 13.8 Å². The van der Waals surface area contributed by atoms with Crippen molar-refractivity contribution in [2.75, 3.05) is 13.7 Å². The summed E-state index contributed by atoms with van der Waals surface area (Å²) in [6.45, 7) is 5.25. The molecule has 2 nitrogen and oxygen atoms in total. The zero-order valence-electron chi connectivity index (χ0n) is 7.67. The molecule has 3 unspecified atom stereocenters. The third-order valence-electron chi connectivity index (χ3n) is 2.47. The fraction of sp³-hybridized carbons (Fsp3) is 1.00. The van der Waals surface area contributed by atoms with Crippen molar-refractivity contribution >= 4 is 0 Å². The Morgan fingerprint density at radius 2 is 2.27 bits per heavy atom. The van der Waals surface area contributed by atoms with Gasteiger partial charge in [-0.15, -0.1) is 0 Å². The number of ether oxygens (including phenoxy) is 2. The number of hydrogen-bond donors (Lipinski definition) is 0. The van der Waals surface area contributed by atoms with E-state index in [1.54, 1.807) is 7.11 Å². The topological polar surface area (TPSA) is 18.5 Å². The minimum Gasteiger partial charge on any atom is -0.379 e. The van der Waals surface area contributed by atoms with Crippen LogP contribution in [0.5, 0.6) is 0 Å². The monoisotopic (exact) mass is 158 g/mol. The van der Waals surface area contributed by atoms with Crippen LogP contribution in [0.1, 0.15) is 26.7 Å². The van der Waals surface area contributed by atoms with Gasteiger partial charge in [0.1, 0.15) is 0 Å². The highest BCUT2D eigenvalue weighted by molar-refractivity contribution is 4.73. The maximum Gasteiger partial charge on any atom is 0.0836 e. The van der Waals surface area contributed by atoms with Crippen LogP contribution >= 0.6 is 0 Å². The molecule has 1 aliphatic rings. The molecule has 0 saturated carbocycles. The molecule has 1 aliphatic heterocycles. The molecule has 1 heterocycles. The average molecular weight is 158 g/mol. The molecular formula is C9H18O2. The summed E-state index contributed by atoms with van der Waals surface area (Å²) in [6, 6.07) is 0. The first-order valence-electron chi connectivity index (χ1n) is 4.38. The zero-order valence-corrected chi connectivity index (χ0v) is 7.67. The van der Waals surface area contributed by atoms with Crippen molar-refractivity contribution in [2.24, 2.45) is 5.92 Å². The molecule has 11 heavy (non-hydrogen) atoms. The Balaban J connectivity index is 2.33. The second-order valence-corrected chi connectivity index (χ2v) is 3.48. The zero-order chi connectivity index (χ0) is 8.27. The molecule has 0 radical (unpaired) electrons. The van der Waals surface area contributed by atoms with E-state index in [-0.39, 0.29) is 6.10 Å². The second kappa shape index (κ2) is 4.07. The summed E-state index contributed by atoms with van der Waals surface area (Å²) in [5.41, 5.74) is 0. The molecule has 0 aromatic heterocycles. The largest absolute Gasteiger partial charge is 0.379 e. The highest BCUT2D eigenvalue weighted by atomic mass is 16.5. The normalized spacial score (nSPS) is 35.2. The van der Waals surface area contributed by atoms with E-state index in [0.29, 0.717) is 6.10 Å². The van der Waals surface area contributed by atoms with Crippen LogP contribution in [0, 0.1) is 5.92 Å². The van der Waals surface area contributed by atoms with Gasteiger partial charge in [0, 0.05) is 13.7 Å². The van der Waals surface area contributed by atoms with Crippen LogP contribution in [0.25, 0.3) is 0 Å². The Morgan fingerprint density at radius 3 is 2.82 bits per heavy atom. The molecule has 1 rings (SSSR count). The first kappa shape index (κ1) is 9.01. The van der Waals surface area contributed by atoms with Crippen LogP contribution in [0.4, 0.5) is 0 Å². The summed E-state index contributed by atoms with van der Waals surface area (Å²) < 4.78 is 10.8. The summed E-state index contributed by atoms with van der Waals surface area (Å²) in [4.78, 5) is 0. The lowest BCUT2D eigenvalue weighted by Gasteiger charge is -2.30. The molecule has 66 valence electrons. The molecule has 0 bridgehead atoms. The van der Waals surface area contributed by atoms with Crippen LogP contribution < -0.4 is 0 Å². The first-order chi connectivity index (χ1) is 5.24. The molecule has 1 saturated heterocycles. The van der Waals surface area contributed by atoms with Crippen LogP contribution in [-0.2, 0) is 9.47 Å². The fourth-order valence-electron chi connectivity index (χ4n) is 1.48. The Kier molecular flexibility index (Phi) is 3.34. The molecule has 2 heteroatoms. The summed E-state index contributed by atoms with van der Waals surface area (Å²) in [7, 11) is 1.74. The molecule has 0 aromatic rings. The van der Waals surface area contributed by atoms with Gasteiger partial charge in [-0.1, -0.05) is 6.92 Å². The van der Waals surface area contributed by atoms with Gasteiger partial charge in [-0.3, -0.25) is 0 Å². The summed E-state index contributed by atoms with van der Waals surface area (Å²) >= 11 is 0. The predicted octanol–water partition coefficient (Wildman–Crippen LogP) is 1.84. The summed E-state index contributed by atoms with van der Waals surface area (Å²) in [5.74, 6) is 0.798. The molecule has 1 fully saturated rings. The van der Waals surface area contributed by atoms with E-state index in [1.165, 1.54) is 6.42 Å². The van der Waals surface area contributed by atoms with Crippen molar-refractivity contribution in [2.45, 2.75) is 38.9 Å². The van der Waals surface area contributed by atoms with Crippen molar-refractivity contribution in [3.63, 3.8) is 0 Å². The number of hydrogen-bond acceptors (Lipinski definition) is 2. The molecule has 0 spiro atoms. The van der Waals surface area contributed by atoms with Crippen molar-refractivity contribution in [1.82, 2.24) is 0 Å². The Labute approximate surface area is 68.9 Å². The molecule has 0 aromatic carbocycles. The van der Waals surface area contributed by atoms with E-state index in [9.17, 15) is 0 Å². The number of methoxy groups -OCH3 is 1. The van der Waals surface area contributed by atoms with Gasteiger partial charge in [0.2, 0.25) is 0 Å².